The second-order valence-corrected chi connectivity index (χ2v) is 5.11. The van der Waals surface area contributed by atoms with Crippen LogP contribution in [0.4, 0.5) is 0 Å². The van der Waals surface area contributed by atoms with Crippen LogP contribution in [0.2, 0.25) is 0 Å². The first-order valence-electron chi connectivity index (χ1n) is 4.93. The number of nitrogens with one attached hydrogen (secondary N) is 1. The first-order valence-corrected chi connectivity index (χ1v) is 4.93. The summed E-state index contributed by atoms with van der Waals surface area (Å²) in [6.07, 6.45) is 3.96. The molecule has 2 nitrogen and oxygen atoms in total. The van der Waals surface area contributed by atoms with Crippen molar-refractivity contribution < 1.29 is 0 Å². The van der Waals surface area contributed by atoms with Gasteiger partial charge in [0.2, 0.25) is 0 Å². The van der Waals surface area contributed by atoms with Gasteiger partial charge < -0.3 is 11.1 Å². The fraction of sp³-hybridized carbons (Fsp3) is 1.00. The summed E-state index contributed by atoms with van der Waals surface area (Å²) in [4.78, 5) is 0. The Bertz CT molecular complexity index is 206. The van der Waals surface area contributed by atoms with Crippen molar-refractivity contribution in [3.63, 3.8) is 0 Å². The molecule has 2 aliphatic carbocycles. The van der Waals surface area contributed by atoms with Gasteiger partial charge in [-0.25, -0.2) is 0 Å². The summed E-state index contributed by atoms with van der Waals surface area (Å²) in [6, 6.07) is 0. The van der Waals surface area contributed by atoms with Crippen molar-refractivity contribution in [1.29, 1.82) is 0 Å². The Balaban J connectivity index is 2.30. The first kappa shape index (κ1) is 8.52. The van der Waals surface area contributed by atoms with Crippen molar-refractivity contribution >= 4 is 0 Å². The molecule has 0 radical (unpaired) electrons. The highest BCUT2D eigenvalue weighted by Crippen LogP contribution is 2.76. The van der Waals surface area contributed by atoms with E-state index in [4.69, 9.17) is 5.73 Å². The summed E-state index contributed by atoms with van der Waals surface area (Å²) in [7, 11) is 2.06. The van der Waals surface area contributed by atoms with E-state index in [1.807, 2.05) is 0 Å². The van der Waals surface area contributed by atoms with Gasteiger partial charge in [-0.1, -0.05) is 13.8 Å². The van der Waals surface area contributed by atoms with Crippen LogP contribution in [0.1, 0.15) is 33.1 Å². The molecule has 0 heterocycles. The predicted octanol–water partition coefficient (Wildman–Crippen LogP) is 1.11. The Morgan fingerprint density at radius 2 is 2.00 bits per heavy atom. The molecule has 0 aromatic carbocycles. The van der Waals surface area contributed by atoms with Crippen LogP contribution in [-0.4, -0.2) is 19.1 Å². The maximum atomic E-state index is 5.88. The van der Waals surface area contributed by atoms with Gasteiger partial charge in [-0.2, -0.15) is 0 Å². The average molecular weight is 168 g/mol. The van der Waals surface area contributed by atoms with Crippen molar-refractivity contribution in [2.24, 2.45) is 16.6 Å². The van der Waals surface area contributed by atoms with Gasteiger partial charge in [0.1, 0.15) is 0 Å². The van der Waals surface area contributed by atoms with Crippen LogP contribution >= 0.6 is 0 Å². The molecule has 0 saturated heterocycles. The lowest BCUT2D eigenvalue weighted by atomic mass is 9.82. The first-order chi connectivity index (χ1) is 5.54. The van der Waals surface area contributed by atoms with E-state index in [2.05, 4.69) is 26.2 Å². The molecule has 2 aliphatic rings. The van der Waals surface area contributed by atoms with E-state index in [1.165, 1.54) is 19.3 Å². The number of likely N-dealkylation sites (N-methyl/N-ethyl adjacent to an activating group) is 1. The molecule has 0 aliphatic heterocycles. The second-order valence-electron chi connectivity index (χ2n) is 5.11. The third-order valence-corrected chi connectivity index (χ3v) is 4.94. The topological polar surface area (TPSA) is 38.0 Å². The minimum absolute atomic E-state index is 0.238. The lowest BCUT2D eigenvalue weighted by Gasteiger charge is -2.35. The van der Waals surface area contributed by atoms with Gasteiger partial charge in [0.25, 0.3) is 0 Å². The zero-order valence-corrected chi connectivity index (χ0v) is 8.41. The van der Waals surface area contributed by atoms with Crippen LogP contribution in [0.15, 0.2) is 0 Å². The summed E-state index contributed by atoms with van der Waals surface area (Å²) in [5.41, 5.74) is 7.18. The Labute approximate surface area is 74.9 Å². The van der Waals surface area contributed by atoms with E-state index in [-0.39, 0.29) is 5.54 Å². The molecule has 0 bridgehead atoms. The summed E-state index contributed by atoms with van der Waals surface area (Å²) < 4.78 is 0. The van der Waals surface area contributed by atoms with Crippen LogP contribution in [0.25, 0.3) is 0 Å². The van der Waals surface area contributed by atoms with Gasteiger partial charge in [-0.05, 0) is 37.1 Å². The largest absolute Gasteiger partial charge is 0.329 e. The molecule has 0 spiro atoms. The van der Waals surface area contributed by atoms with Crippen molar-refractivity contribution in [2.75, 3.05) is 13.6 Å². The van der Waals surface area contributed by atoms with E-state index in [1.54, 1.807) is 0 Å². The van der Waals surface area contributed by atoms with Gasteiger partial charge in [0.15, 0.2) is 0 Å². The summed E-state index contributed by atoms with van der Waals surface area (Å²) >= 11 is 0. The highest BCUT2D eigenvalue weighted by atomic mass is 15.1. The van der Waals surface area contributed by atoms with Crippen LogP contribution in [0.5, 0.6) is 0 Å². The molecule has 2 fully saturated rings. The van der Waals surface area contributed by atoms with Crippen LogP contribution in [0.3, 0.4) is 0 Å². The van der Waals surface area contributed by atoms with Crippen LogP contribution < -0.4 is 11.1 Å². The number of rotatable bonds is 2. The van der Waals surface area contributed by atoms with Crippen molar-refractivity contribution in [1.82, 2.24) is 5.32 Å². The SMILES string of the molecule is CNC1(CN)CCC2(C)CC21C. The fourth-order valence-electron chi connectivity index (χ4n) is 3.44. The van der Waals surface area contributed by atoms with E-state index in [0.717, 1.165) is 6.54 Å². The number of fused-ring (bicyclic) bond motifs is 1. The van der Waals surface area contributed by atoms with Gasteiger partial charge in [0.05, 0.1) is 0 Å². The van der Waals surface area contributed by atoms with Gasteiger partial charge in [-0.15, -0.1) is 0 Å². The lowest BCUT2D eigenvalue weighted by molar-refractivity contribution is 0.231. The molecule has 3 N–H and O–H groups in total. The molecular formula is C10H20N2. The Morgan fingerprint density at radius 1 is 1.33 bits per heavy atom. The van der Waals surface area contributed by atoms with Gasteiger partial charge in [0, 0.05) is 12.1 Å². The number of hydrogen-bond acceptors (Lipinski definition) is 2. The molecular weight excluding hydrogens is 148 g/mol. The minimum atomic E-state index is 0.238. The van der Waals surface area contributed by atoms with E-state index >= 15 is 0 Å². The molecule has 2 rings (SSSR count). The molecule has 0 aromatic rings. The monoisotopic (exact) mass is 168 g/mol. The average Bonchev–Trinajstić information content (AvgIpc) is 2.52. The maximum absolute atomic E-state index is 5.88. The van der Waals surface area contributed by atoms with Crippen LogP contribution in [0, 0.1) is 10.8 Å². The van der Waals surface area contributed by atoms with Crippen molar-refractivity contribution in [3.8, 4) is 0 Å². The van der Waals surface area contributed by atoms with Crippen molar-refractivity contribution in [2.45, 2.75) is 38.6 Å². The van der Waals surface area contributed by atoms with Gasteiger partial charge >= 0.3 is 0 Å². The summed E-state index contributed by atoms with van der Waals surface area (Å²) in [5.74, 6) is 0. The van der Waals surface area contributed by atoms with Crippen LogP contribution in [-0.2, 0) is 0 Å². The van der Waals surface area contributed by atoms with Gasteiger partial charge in [-0.3, -0.25) is 0 Å². The Kier molecular flexibility index (Phi) is 1.45. The molecule has 12 heavy (non-hydrogen) atoms. The van der Waals surface area contributed by atoms with E-state index in [0.29, 0.717) is 10.8 Å². The third kappa shape index (κ3) is 0.647. The molecule has 0 aromatic heterocycles. The Hall–Kier alpha value is -0.0800. The quantitative estimate of drug-likeness (QED) is 0.648. The lowest BCUT2D eigenvalue weighted by Crippen LogP contribution is -2.54. The van der Waals surface area contributed by atoms with Crippen molar-refractivity contribution in [3.05, 3.63) is 0 Å². The van der Waals surface area contributed by atoms with E-state index in [9.17, 15) is 0 Å². The third-order valence-electron chi connectivity index (χ3n) is 4.94. The zero-order chi connectivity index (χ0) is 9.04. The molecule has 70 valence electrons. The molecule has 3 unspecified atom stereocenters. The zero-order valence-electron chi connectivity index (χ0n) is 8.41. The van der Waals surface area contributed by atoms with E-state index < -0.39 is 0 Å². The normalized spacial score (nSPS) is 57.0. The smallest absolute Gasteiger partial charge is 0.0361 e. The highest BCUT2D eigenvalue weighted by Gasteiger charge is 2.73. The maximum Gasteiger partial charge on any atom is 0.0361 e. The predicted molar refractivity (Wildman–Crippen MR) is 50.9 cm³/mol. The molecule has 0 amide bonds. The number of nitrogens with two attached hydrogens (primary N) is 1. The molecule has 2 heteroatoms. The summed E-state index contributed by atoms with van der Waals surface area (Å²) in [5, 5.41) is 3.46. The standard InChI is InChI=1S/C10H20N2/c1-8-4-5-10(7-11,12-3)9(8,2)6-8/h12H,4-7,11H2,1-3H3. The summed E-state index contributed by atoms with van der Waals surface area (Å²) in [6.45, 7) is 5.58. The molecule has 3 atom stereocenters. The highest BCUT2D eigenvalue weighted by molar-refractivity contribution is 5.26. The Morgan fingerprint density at radius 3 is 2.17 bits per heavy atom. The number of hydrogen-bond donors (Lipinski definition) is 2. The molecule has 2 saturated carbocycles. The second kappa shape index (κ2) is 2.05. The minimum Gasteiger partial charge on any atom is -0.329 e. The fourth-order valence-corrected chi connectivity index (χ4v) is 3.44.